The van der Waals surface area contributed by atoms with E-state index in [1.54, 1.807) is 0 Å². The van der Waals surface area contributed by atoms with Crippen LogP contribution in [0.4, 0.5) is 0 Å². The highest BCUT2D eigenvalue weighted by Gasteiger charge is 2.36. The molecule has 0 saturated carbocycles. The average Bonchev–Trinajstić information content (AvgIpc) is 4.21. The van der Waals surface area contributed by atoms with Crippen molar-refractivity contribution in [2.75, 3.05) is 0 Å². The van der Waals surface area contributed by atoms with Gasteiger partial charge in [-0.2, -0.15) is 5.26 Å². The molecule has 14 rings (SSSR count). The van der Waals surface area contributed by atoms with E-state index in [1.807, 2.05) is 12.2 Å². The molecule has 0 N–H and O–H groups in total. The fraction of sp³-hybridized carbons (Fsp3) is 0.0308. The minimum atomic E-state index is 0.496. The maximum atomic E-state index is 12.7. The minimum absolute atomic E-state index is 0.496. The molecule has 0 unspecified atom stereocenters. The monoisotopic (exact) mass is 908 g/mol. The van der Waals surface area contributed by atoms with Gasteiger partial charge in [0, 0.05) is 54.5 Å². The lowest BCUT2D eigenvalue weighted by Crippen LogP contribution is -2.19. The van der Waals surface area contributed by atoms with Gasteiger partial charge in [0.25, 0.3) is 0 Å². The summed E-state index contributed by atoms with van der Waals surface area (Å²) in [6, 6.07) is 72.4. The Morgan fingerprint density at radius 2 is 0.521 bits per heavy atom. The zero-order valence-corrected chi connectivity index (χ0v) is 39.2. The van der Waals surface area contributed by atoms with Gasteiger partial charge in [0.05, 0.1) is 72.6 Å². The zero-order chi connectivity index (χ0) is 47.6. The van der Waals surface area contributed by atoms with Crippen LogP contribution in [0.3, 0.4) is 0 Å². The van der Waals surface area contributed by atoms with Crippen LogP contribution in [-0.4, -0.2) is 22.8 Å². The summed E-state index contributed by atoms with van der Waals surface area (Å²) in [6.07, 6.45) is 3.91. The van der Waals surface area contributed by atoms with Gasteiger partial charge in [-0.15, -0.1) is 0 Å². The first kappa shape index (κ1) is 40.5. The van der Waals surface area contributed by atoms with Gasteiger partial charge >= 0.3 is 0 Å². The lowest BCUT2D eigenvalue weighted by atomic mass is 10.0. The lowest BCUT2D eigenvalue weighted by Gasteiger charge is -2.30. The number of nitrogens with zero attached hydrogens (tertiary/aromatic N) is 6. The maximum Gasteiger partial charge on any atom is 0.105 e. The standard InChI is InChI=1S/C65H44N6/c1-5-51-40(3)42-23-7-15-31-53(42)67(51)61-50(39-66)62(68-52(6-2)41(4)43-24-8-16-32-54(43)68)64(70-57-35-19-11-27-46(57)47-28-12-20-36-58(47)70)65(71-59-37-21-13-29-48(59)49-30-14-22-38-60(49)71)63(61)69-55-33-17-9-25-44(55)45-26-10-18-34-56(45)69/h5-38H,1-2H2,3-4H3. The predicted octanol–water partition coefficient (Wildman–Crippen LogP) is 16.6. The first-order valence-corrected chi connectivity index (χ1v) is 24.1. The highest BCUT2D eigenvalue weighted by atomic mass is 15.2. The molecule has 14 aromatic rings. The first-order valence-electron chi connectivity index (χ1n) is 24.1. The number of fused-ring (bicyclic) bond motifs is 11. The number of hydrogen-bond donors (Lipinski definition) is 0. The van der Waals surface area contributed by atoms with Crippen molar-refractivity contribution >= 4 is 99.4 Å². The van der Waals surface area contributed by atoms with E-state index in [4.69, 9.17) is 0 Å². The summed E-state index contributed by atoms with van der Waals surface area (Å²) in [6.45, 7) is 13.4. The smallest absolute Gasteiger partial charge is 0.105 e. The van der Waals surface area contributed by atoms with Crippen LogP contribution in [0, 0.1) is 25.2 Å². The van der Waals surface area contributed by atoms with Crippen LogP contribution in [0.25, 0.3) is 128 Å². The van der Waals surface area contributed by atoms with E-state index in [9.17, 15) is 5.26 Å². The van der Waals surface area contributed by atoms with E-state index in [1.165, 1.54) is 0 Å². The van der Waals surface area contributed by atoms with Gasteiger partial charge in [0.1, 0.15) is 11.6 Å². The van der Waals surface area contributed by atoms with Gasteiger partial charge in [-0.3, -0.25) is 0 Å². The Morgan fingerprint density at radius 3 is 0.761 bits per heavy atom. The van der Waals surface area contributed by atoms with Crippen molar-refractivity contribution in [1.82, 2.24) is 22.8 Å². The fourth-order valence-electron chi connectivity index (χ4n) is 12.2. The molecule has 0 atom stereocenters. The second kappa shape index (κ2) is 15.2. The second-order valence-corrected chi connectivity index (χ2v) is 18.5. The van der Waals surface area contributed by atoms with E-state index in [0.29, 0.717) is 5.56 Å². The summed E-state index contributed by atoms with van der Waals surface area (Å²) >= 11 is 0. The normalized spacial score (nSPS) is 11.9. The van der Waals surface area contributed by atoms with Crippen LogP contribution in [-0.2, 0) is 0 Å². The molecule has 6 nitrogen and oxygen atoms in total. The van der Waals surface area contributed by atoms with Gasteiger partial charge in [-0.05, 0) is 85.7 Å². The van der Waals surface area contributed by atoms with Crippen LogP contribution in [0.5, 0.6) is 0 Å². The summed E-state index contributed by atoms with van der Waals surface area (Å²) in [5, 5.41) is 21.6. The first-order chi connectivity index (χ1) is 35.0. The summed E-state index contributed by atoms with van der Waals surface area (Å²) in [7, 11) is 0. The number of aryl methyl sites for hydroxylation is 2. The van der Waals surface area contributed by atoms with Crippen molar-refractivity contribution in [2.24, 2.45) is 0 Å². The fourth-order valence-corrected chi connectivity index (χ4v) is 12.2. The zero-order valence-electron chi connectivity index (χ0n) is 39.2. The van der Waals surface area contributed by atoms with Crippen LogP contribution in [0.2, 0.25) is 0 Å². The van der Waals surface area contributed by atoms with E-state index in [2.05, 4.69) is 250 Å². The second-order valence-electron chi connectivity index (χ2n) is 18.5. The topological polar surface area (TPSA) is 48.4 Å². The van der Waals surface area contributed by atoms with Gasteiger partial charge in [0.15, 0.2) is 0 Å². The number of rotatable bonds is 7. The number of benzene rings is 9. The third-order valence-corrected chi connectivity index (χ3v) is 15.1. The molecule has 0 aliphatic carbocycles. The summed E-state index contributed by atoms with van der Waals surface area (Å²) < 4.78 is 12.0. The molecule has 0 aliphatic rings. The van der Waals surface area contributed by atoms with Gasteiger partial charge < -0.3 is 22.8 Å². The Hall–Kier alpha value is -9.57. The van der Waals surface area contributed by atoms with Crippen molar-refractivity contribution in [3.05, 3.63) is 235 Å². The minimum Gasteiger partial charge on any atom is -0.306 e. The SMILES string of the molecule is C=Cc1c(C)c2ccccc2n1-c1c(C#N)c(-n2c(C=C)c(C)c3ccccc32)c(-n2c3ccccc3c3ccccc32)c(-n2c3ccccc3c3ccccc32)c1-n1c2ccccc2c2ccccc21. The third kappa shape index (κ3) is 5.35. The Bertz CT molecular complexity index is 4270. The Balaban J connectivity index is 1.41. The number of aromatic nitrogens is 5. The number of hydrogen-bond acceptors (Lipinski definition) is 1. The van der Waals surface area contributed by atoms with Crippen LogP contribution < -0.4 is 0 Å². The molecule has 0 amide bonds. The molecule has 71 heavy (non-hydrogen) atoms. The van der Waals surface area contributed by atoms with E-state index in [0.717, 1.165) is 138 Å². The lowest BCUT2D eigenvalue weighted by molar-refractivity contribution is 0.967. The third-order valence-electron chi connectivity index (χ3n) is 15.1. The number of para-hydroxylation sites is 8. The van der Waals surface area contributed by atoms with Crippen LogP contribution in [0.1, 0.15) is 28.1 Å². The molecule has 0 radical (unpaired) electrons. The highest BCUT2D eigenvalue weighted by molar-refractivity contribution is 6.15. The van der Waals surface area contributed by atoms with Gasteiger partial charge in [-0.1, -0.05) is 159 Å². The summed E-state index contributed by atoms with van der Waals surface area (Å²) in [5.74, 6) is 0. The highest BCUT2D eigenvalue weighted by Crippen LogP contribution is 2.51. The van der Waals surface area contributed by atoms with Crippen molar-refractivity contribution in [3.8, 4) is 34.5 Å². The molecule has 0 spiro atoms. The van der Waals surface area contributed by atoms with Gasteiger partial charge in [-0.25, -0.2) is 0 Å². The van der Waals surface area contributed by atoms with Crippen LogP contribution >= 0.6 is 0 Å². The quantitative estimate of drug-likeness (QED) is 0.157. The van der Waals surface area contributed by atoms with E-state index >= 15 is 0 Å². The van der Waals surface area contributed by atoms with E-state index in [-0.39, 0.29) is 0 Å². The molecule has 0 bridgehead atoms. The largest absolute Gasteiger partial charge is 0.306 e. The molecule has 0 fully saturated rings. The van der Waals surface area contributed by atoms with E-state index < -0.39 is 0 Å². The van der Waals surface area contributed by atoms with Crippen molar-refractivity contribution in [2.45, 2.75) is 13.8 Å². The predicted molar refractivity (Wildman–Crippen MR) is 297 cm³/mol. The van der Waals surface area contributed by atoms with Crippen molar-refractivity contribution in [3.63, 3.8) is 0 Å². The maximum absolute atomic E-state index is 12.7. The Kier molecular flexibility index (Phi) is 8.68. The van der Waals surface area contributed by atoms with Crippen LogP contribution in [0.15, 0.2) is 207 Å². The molecule has 0 aliphatic heterocycles. The molecule has 5 heterocycles. The van der Waals surface area contributed by atoms with Gasteiger partial charge in [0.2, 0.25) is 0 Å². The van der Waals surface area contributed by atoms with Crippen molar-refractivity contribution < 1.29 is 0 Å². The number of nitriles is 1. The molecular formula is C65H44N6. The molecule has 334 valence electrons. The Morgan fingerprint density at radius 1 is 0.310 bits per heavy atom. The Labute approximate surface area is 409 Å². The molecular weight excluding hydrogens is 865 g/mol. The molecule has 5 aromatic heterocycles. The summed E-state index contributed by atoms with van der Waals surface area (Å²) in [4.78, 5) is 0. The molecule has 9 aromatic carbocycles. The van der Waals surface area contributed by atoms with Crippen molar-refractivity contribution in [1.29, 1.82) is 5.26 Å². The molecule has 0 saturated heterocycles. The summed E-state index contributed by atoms with van der Waals surface area (Å²) in [5.41, 5.74) is 16.6. The molecule has 6 heteroatoms. The average molecular weight is 909 g/mol.